The number of halogens is 1. The Morgan fingerprint density at radius 1 is 1.56 bits per heavy atom. The van der Waals surface area contributed by atoms with Crippen LogP contribution in [0.2, 0.25) is 0 Å². The molecule has 0 bridgehead atoms. The first-order chi connectivity index (χ1) is 8.58. The van der Waals surface area contributed by atoms with Crippen LogP contribution in [0.1, 0.15) is 18.9 Å². The summed E-state index contributed by atoms with van der Waals surface area (Å²) in [7, 11) is 2.20. The van der Waals surface area contributed by atoms with E-state index in [4.69, 9.17) is 5.73 Å². The second kappa shape index (κ2) is 6.31. The lowest BCUT2D eigenvalue weighted by Crippen LogP contribution is -2.31. The Morgan fingerprint density at radius 3 is 2.89 bits per heavy atom. The van der Waals surface area contributed by atoms with Gasteiger partial charge < -0.3 is 10.6 Å². The lowest BCUT2D eigenvalue weighted by Gasteiger charge is -2.26. The smallest absolute Gasteiger partial charge is 0.0385 e. The molecule has 2 N–H and O–H groups in total. The van der Waals surface area contributed by atoms with Crippen LogP contribution in [-0.4, -0.2) is 30.6 Å². The Hall–Kier alpha value is -0.190. The second-order valence-corrected chi connectivity index (χ2v) is 7.09. The summed E-state index contributed by atoms with van der Waals surface area (Å²) in [5.41, 5.74) is 8.45. The maximum absolute atomic E-state index is 5.86. The molecule has 2 rings (SSSR count). The fourth-order valence-corrected chi connectivity index (χ4v) is 4.10. The van der Waals surface area contributed by atoms with Crippen LogP contribution in [0.3, 0.4) is 0 Å². The van der Waals surface area contributed by atoms with E-state index in [2.05, 4.69) is 57.8 Å². The molecule has 2 unspecified atom stereocenters. The number of anilines is 1. The van der Waals surface area contributed by atoms with Crippen LogP contribution in [0.15, 0.2) is 22.7 Å². The lowest BCUT2D eigenvalue weighted by atomic mass is 10.1. The highest BCUT2D eigenvalue weighted by Crippen LogP contribution is 2.29. The average Bonchev–Trinajstić information content (AvgIpc) is 2.84. The number of hydrogen-bond donors (Lipinski definition) is 1. The molecule has 1 aliphatic rings. The molecule has 0 saturated carbocycles. The molecule has 1 heterocycles. The van der Waals surface area contributed by atoms with E-state index in [0.29, 0.717) is 6.04 Å². The Morgan fingerprint density at radius 2 is 2.33 bits per heavy atom. The van der Waals surface area contributed by atoms with Gasteiger partial charge in [-0.25, -0.2) is 0 Å². The van der Waals surface area contributed by atoms with E-state index in [9.17, 15) is 0 Å². The van der Waals surface area contributed by atoms with E-state index in [1.165, 1.54) is 33.7 Å². The Bertz CT molecular complexity index is 403. The van der Waals surface area contributed by atoms with Crippen molar-refractivity contribution in [2.75, 3.05) is 23.5 Å². The van der Waals surface area contributed by atoms with Crippen LogP contribution in [0, 0.1) is 0 Å². The maximum atomic E-state index is 5.86. The molecule has 1 aliphatic heterocycles. The minimum Gasteiger partial charge on any atom is -0.371 e. The molecule has 18 heavy (non-hydrogen) atoms. The van der Waals surface area contributed by atoms with E-state index >= 15 is 0 Å². The summed E-state index contributed by atoms with van der Waals surface area (Å²) in [6.45, 7) is 2.04. The predicted molar refractivity (Wildman–Crippen MR) is 85.6 cm³/mol. The molecule has 0 aliphatic carbocycles. The number of rotatable bonds is 4. The van der Waals surface area contributed by atoms with Gasteiger partial charge in [-0.3, -0.25) is 0 Å². The summed E-state index contributed by atoms with van der Waals surface area (Å²) in [4.78, 5) is 2.40. The van der Waals surface area contributed by atoms with Gasteiger partial charge >= 0.3 is 0 Å². The van der Waals surface area contributed by atoms with E-state index in [0.717, 1.165) is 6.42 Å². The third kappa shape index (κ3) is 3.43. The van der Waals surface area contributed by atoms with Gasteiger partial charge in [0, 0.05) is 35.0 Å². The van der Waals surface area contributed by atoms with Gasteiger partial charge in [-0.15, -0.1) is 0 Å². The first kappa shape index (κ1) is 14.2. The minimum absolute atomic E-state index is 0.205. The SMILES string of the molecule is CC(N)Cc1ccc(N(C)C2CCSC2)cc1Br. The van der Waals surface area contributed by atoms with E-state index in [1.807, 2.05) is 6.92 Å². The zero-order chi connectivity index (χ0) is 13.1. The molecule has 4 heteroatoms. The van der Waals surface area contributed by atoms with Gasteiger partial charge in [-0.2, -0.15) is 11.8 Å². The van der Waals surface area contributed by atoms with Gasteiger partial charge in [-0.1, -0.05) is 22.0 Å². The van der Waals surface area contributed by atoms with Crippen molar-refractivity contribution in [3.05, 3.63) is 28.2 Å². The Kier molecular flexibility index (Phi) is 4.98. The summed E-state index contributed by atoms with van der Waals surface area (Å²) in [6.07, 6.45) is 2.21. The molecule has 1 aromatic rings. The van der Waals surface area contributed by atoms with Crippen LogP contribution in [0.5, 0.6) is 0 Å². The third-order valence-electron chi connectivity index (χ3n) is 3.44. The van der Waals surface area contributed by atoms with Gasteiger partial charge in [0.05, 0.1) is 0 Å². The quantitative estimate of drug-likeness (QED) is 0.919. The van der Waals surface area contributed by atoms with Crippen LogP contribution in [-0.2, 0) is 6.42 Å². The topological polar surface area (TPSA) is 29.3 Å². The van der Waals surface area contributed by atoms with E-state index in [-0.39, 0.29) is 6.04 Å². The average molecular weight is 329 g/mol. The van der Waals surface area contributed by atoms with Crippen molar-refractivity contribution in [1.82, 2.24) is 0 Å². The highest BCUT2D eigenvalue weighted by Gasteiger charge is 2.20. The molecule has 0 amide bonds. The normalized spacial score (nSPS) is 21.0. The van der Waals surface area contributed by atoms with Gasteiger partial charge in [0.2, 0.25) is 0 Å². The number of hydrogen-bond acceptors (Lipinski definition) is 3. The molecule has 2 atom stereocenters. The zero-order valence-electron chi connectivity index (χ0n) is 11.0. The van der Waals surface area contributed by atoms with E-state index in [1.54, 1.807) is 0 Å². The molecule has 1 saturated heterocycles. The molecule has 0 radical (unpaired) electrons. The van der Waals surface area contributed by atoms with Crippen molar-refractivity contribution in [2.45, 2.75) is 31.8 Å². The van der Waals surface area contributed by atoms with Gasteiger partial charge in [-0.05, 0) is 43.2 Å². The van der Waals surface area contributed by atoms with Crippen molar-refractivity contribution < 1.29 is 0 Å². The number of nitrogens with two attached hydrogens (primary N) is 1. The number of benzene rings is 1. The maximum Gasteiger partial charge on any atom is 0.0385 e. The van der Waals surface area contributed by atoms with Crippen LogP contribution in [0.25, 0.3) is 0 Å². The van der Waals surface area contributed by atoms with Gasteiger partial charge in [0.15, 0.2) is 0 Å². The lowest BCUT2D eigenvalue weighted by molar-refractivity contribution is 0.699. The standard InChI is InChI=1S/C14H21BrN2S/c1-10(16)7-11-3-4-12(8-14(11)15)17(2)13-5-6-18-9-13/h3-4,8,10,13H,5-7,9,16H2,1-2H3. The largest absolute Gasteiger partial charge is 0.371 e. The molecular formula is C14H21BrN2S. The van der Waals surface area contributed by atoms with Crippen LogP contribution < -0.4 is 10.6 Å². The highest BCUT2D eigenvalue weighted by molar-refractivity contribution is 9.10. The Balaban J connectivity index is 2.12. The number of thioether (sulfide) groups is 1. The van der Waals surface area contributed by atoms with Gasteiger partial charge in [0.25, 0.3) is 0 Å². The van der Waals surface area contributed by atoms with Crippen molar-refractivity contribution in [1.29, 1.82) is 0 Å². The molecule has 1 aromatic carbocycles. The summed E-state index contributed by atoms with van der Waals surface area (Å²) in [5.74, 6) is 2.54. The van der Waals surface area contributed by atoms with Gasteiger partial charge in [0.1, 0.15) is 0 Å². The molecule has 0 spiro atoms. The monoisotopic (exact) mass is 328 g/mol. The molecule has 2 nitrogen and oxygen atoms in total. The Labute approximate surface area is 122 Å². The first-order valence-electron chi connectivity index (χ1n) is 6.42. The van der Waals surface area contributed by atoms with Crippen LogP contribution >= 0.6 is 27.7 Å². The summed E-state index contributed by atoms with van der Waals surface area (Å²) >= 11 is 5.72. The number of nitrogens with zero attached hydrogens (tertiary/aromatic N) is 1. The second-order valence-electron chi connectivity index (χ2n) is 5.09. The molecule has 1 fully saturated rings. The highest BCUT2D eigenvalue weighted by atomic mass is 79.9. The fourth-order valence-electron chi connectivity index (χ4n) is 2.31. The summed E-state index contributed by atoms with van der Waals surface area (Å²) in [6, 6.07) is 7.52. The van der Waals surface area contributed by atoms with Crippen molar-refractivity contribution in [3.8, 4) is 0 Å². The molecule has 100 valence electrons. The fraction of sp³-hybridized carbons (Fsp3) is 0.571. The third-order valence-corrected chi connectivity index (χ3v) is 5.32. The van der Waals surface area contributed by atoms with Crippen LogP contribution in [0.4, 0.5) is 5.69 Å². The predicted octanol–water partition coefficient (Wildman–Crippen LogP) is 3.28. The molecule has 0 aromatic heterocycles. The zero-order valence-corrected chi connectivity index (χ0v) is 13.4. The van der Waals surface area contributed by atoms with Crippen molar-refractivity contribution in [3.63, 3.8) is 0 Å². The van der Waals surface area contributed by atoms with Crippen molar-refractivity contribution in [2.24, 2.45) is 5.73 Å². The summed E-state index contributed by atoms with van der Waals surface area (Å²) in [5, 5.41) is 0. The molecular weight excluding hydrogens is 308 g/mol. The van der Waals surface area contributed by atoms with Crippen molar-refractivity contribution >= 4 is 33.4 Å². The first-order valence-corrected chi connectivity index (χ1v) is 8.37. The minimum atomic E-state index is 0.205. The summed E-state index contributed by atoms with van der Waals surface area (Å²) < 4.78 is 1.18. The van der Waals surface area contributed by atoms with E-state index < -0.39 is 0 Å².